The van der Waals surface area contributed by atoms with Gasteiger partial charge in [-0.15, -0.1) is 0 Å². The van der Waals surface area contributed by atoms with Crippen LogP contribution in [0.5, 0.6) is 0 Å². The van der Waals surface area contributed by atoms with Gasteiger partial charge in [0.1, 0.15) is 0 Å². The SMILES string of the molecule is O=S1(=O)CC2=C(CN(Br)C2)C1. The molecule has 5 heteroatoms. The van der Waals surface area contributed by atoms with Crippen LogP contribution in [0.2, 0.25) is 0 Å². The Bertz CT molecular complexity index is 295. The average molecular weight is 238 g/mol. The average Bonchev–Trinajstić information content (AvgIpc) is 2.17. The molecule has 0 spiro atoms. The molecule has 0 saturated carbocycles. The quantitative estimate of drug-likeness (QED) is 0.451. The van der Waals surface area contributed by atoms with Crippen molar-refractivity contribution in [3.63, 3.8) is 0 Å². The second-order valence-electron chi connectivity index (χ2n) is 3.02. The van der Waals surface area contributed by atoms with E-state index in [0.717, 1.165) is 24.2 Å². The molecule has 3 nitrogen and oxygen atoms in total. The molecule has 0 aliphatic carbocycles. The largest absolute Gasteiger partial charge is 0.234 e. The van der Waals surface area contributed by atoms with Crippen LogP contribution in [0.4, 0.5) is 0 Å². The number of nitrogens with zero attached hydrogens (tertiary/aromatic N) is 1. The minimum absolute atomic E-state index is 0.282. The van der Waals surface area contributed by atoms with Crippen LogP contribution in [0, 0.1) is 0 Å². The van der Waals surface area contributed by atoms with E-state index < -0.39 is 9.84 Å². The maximum atomic E-state index is 11.1. The van der Waals surface area contributed by atoms with E-state index in [1.807, 2.05) is 3.93 Å². The Morgan fingerprint density at radius 2 is 1.64 bits per heavy atom. The van der Waals surface area contributed by atoms with Gasteiger partial charge in [-0.2, -0.15) is 0 Å². The Labute approximate surface area is 74.3 Å². The van der Waals surface area contributed by atoms with E-state index >= 15 is 0 Å². The van der Waals surface area contributed by atoms with Gasteiger partial charge in [0.25, 0.3) is 0 Å². The van der Waals surface area contributed by atoms with Gasteiger partial charge in [-0.05, 0) is 11.1 Å². The van der Waals surface area contributed by atoms with Crippen molar-refractivity contribution in [2.75, 3.05) is 24.6 Å². The van der Waals surface area contributed by atoms with E-state index in [4.69, 9.17) is 0 Å². The Hall–Kier alpha value is 0.130. The molecular weight excluding hydrogens is 230 g/mol. The van der Waals surface area contributed by atoms with Crippen LogP contribution in [0.25, 0.3) is 0 Å². The van der Waals surface area contributed by atoms with Crippen LogP contribution in [0.1, 0.15) is 0 Å². The highest BCUT2D eigenvalue weighted by molar-refractivity contribution is 9.07. The lowest BCUT2D eigenvalue weighted by Gasteiger charge is -2.06. The van der Waals surface area contributed by atoms with Crippen LogP contribution in [-0.2, 0) is 9.84 Å². The van der Waals surface area contributed by atoms with Crippen LogP contribution in [0.15, 0.2) is 11.1 Å². The summed E-state index contributed by atoms with van der Waals surface area (Å²) in [5, 5.41) is 0. The lowest BCUT2D eigenvalue weighted by atomic mass is 10.2. The van der Waals surface area contributed by atoms with E-state index in [1.54, 1.807) is 0 Å². The third-order valence-corrected chi connectivity index (χ3v) is 4.09. The molecule has 0 aromatic heterocycles. The summed E-state index contributed by atoms with van der Waals surface area (Å²) in [6, 6.07) is 0. The van der Waals surface area contributed by atoms with Crippen molar-refractivity contribution in [2.24, 2.45) is 0 Å². The molecule has 11 heavy (non-hydrogen) atoms. The third-order valence-electron chi connectivity index (χ3n) is 2.01. The van der Waals surface area contributed by atoms with E-state index in [9.17, 15) is 8.42 Å². The third kappa shape index (κ3) is 1.37. The number of hydrogen-bond donors (Lipinski definition) is 0. The first-order valence-corrected chi connectivity index (χ1v) is 5.91. The molecule has 0 N–H and O–H groups in total. The van der Waals surface area contributed by atoms with Crippen molar-refractivity contribution >= 4 is 26.0 Å². The van der Waals surface area contributed by atoms with Gasteiger partial charge in [-0.25, -0.2) is 12.3 Å². The van der Waals surface area contributed by atoms with Gasteiger partial charge in [0, 0.05) is 29.2 Å². The molecular formula is C6H8BrNO2S. The fourth-order valence-electron chi connectivity index (χ4n) is 1.57. The molecule has 0 unspecified atom stereocenters. The fourth-order valence-corrected chi connectivity index (χ4v) is 3.93. The minimum Gasteiger partial charge on any atom is -0.234 e. The van der Waals surface area contributed by atoms with Crippen LogP contribution in [0.3, 0.4) is 0 Å². The lowest BCUT2D eigenvalue weighted by Crippen LogP contribution is -2.16. The molecule has 0 fully saturated rings. The Balaban J connectivity index is 2.24. The van der Waals surface area contributed by atoms with E-state index in [0.29, 0.717) is 0 Å². The highest BCUT2D eigenvalue weighted by Gasteiger charge is 2.32. The maximum Gasteiger partial charge on any atom is 0.158 e. The molecule has 0 atom stereocenters. The predicted molar refractivity (Wildman–Crippen MR) is 46.2 cm³/mol. The monoisotopic (exact) mass is 237 g/mol. The predicted octanol–water partition coefficient (Wildman–Crippen LogP) is 0.337. The highest BCUT2D eigenvalue weighted by atomic mass is 79.9. The van der Waals surface area contributed by atoms with E-state index in [1.165, 1.54) is 0 Å². The summed E-state index contributed by atoms with van der Waals surface area (Å²) in [6.45, 7) is 1.54. The van der Waals surface area contributed by atoms with E-state index in [2.05, 4.69) is 16.1 Å². The first kappa shape index (κ1) is 7.76. The first-order chi connectivity index (χ1) is 5.07. The van der Waals surface area contributed by atoms with Gasteiger partial charge in [0.15, 0.2) is 9.84 Å². The molecule has 0 saturated heterocycles. The minimum atomic E-state index is -2.75. The molecule has 2 rings (SSSR count). The highest BCUT2D eigenvalue weighted by Crippen LogP contribution is 2.28. The lowest BCUT2D eigenvalue weighted by molar-refractivity contribution is 0.587. The molecule has 2 aliphatic heterocycles. The molecule has 0 aromatic rings. The molecule has 0 radical (unpaired) electrons. The number of sulfone groups is 1. The number of halogens is 1. The van der Waals surface area contributed by atoms with Crippen molar-refractivity contribution in [2.45, 2.75) is 0 Å². The van der Waals surface area contributed by atoms with E-state index in [-0.39, 0.29) is 11.5 Å². The second-order valence-corrected chi connectivity index (χ2v) is 6.09. The molecule has 2 aliphatic rings. The summed E-state index contributed by atoms with van der Waals surface area (Å²) in [7, 11) is -2.75. The van der Waals surface area contributed by atoms with Gasteiger partial charge < -0.3 is 0 Å². The smallest absolute Gasteiger partial charge is 0.158 e. The topological polar surface area (TPSA) is 37.4 Å². The molecule has 0 aromatic carbocycles. The zero-order chi connectivity index (χ0) is 8.06. The Morgan fingerprint density at radius 1 is 1.18 bits per heavy atom. The Morgan fingerprint density at radius 3 is 2.09 bits per heavy atom. The van der Waals surface area contributed by atoms with Crippen LogP contribution < -0.4 is 0 Å². The number of rotatable bonds is 0. The summed E-state index contributed by atoms with van der Waals surface area (Å²) in [5.74, 6) is 0.564. The first-order valence-electron chi connectivity index (χ1n) is 3.38. The number of hydrogen-bond acceptors (Lipinski definition) is 3. The maximum absolute atomic E-state index is 11.1. The van der Waals surface area contributed by atoms with Gasteiger partial charge in [0.05, 0.1) is 11.5 Å². The summed E-state index contributed by atoms with van der Waals surface area (Å²) in [6.07, 6.45) is 0. The summed E-state index contributed by atoms with van der Waals surface area (Å²) in [5.41, 5.74) is 2.20. The van der Waals surface area contributed by atoms with Crippen LogP contribution in [-0.4, -0.2) is 36.9 Å². The van der Waals surface area contributed by atoms with Crippen molar-refractivity contribution in [3.8, 4) is 0 Å². The summed E-state index contributed by atoms with van der Waals surface area (Å²) < 4.78 is 24.1. The van der Waals surface area contributed by atoms with Crippen molar-refractivity contribution < 1.29 is 8.42 Å². The zero-order valence-corrected chi connectivity index (χ0v) is 8.28. The normalized spacial score (nSPS) is 29.5. The van der Waals surface area contributed by atoms with Gasteiger partial charge in [-0.3, -0.25) is 0 Å². The summed E-state index contributed by atoms with van der Waals surface area (Å²) >= 11 is 3.33. The molecule has 62 valence electrons. The van der Waals surface area contributed by atoms with Crippen molar-refractivity contribution in [3.05, 3.63) is 11.1 Å². The zero-order valence-electron chi connectivity index (χ0n) is 5.88. The second kappa shape index (κ2) is 2.31. The molecule has 0 amide bonds. The Kier molecular flexibility index (Phi) is 1.63. The van der Waals surface area contributed by atoms with Gasteiger partial charge in [-0.1, -0.05) is 0 Å². The van der Waals surface area contributed by atoms with Gasteiger partial charge >= 0.3 is 0 Å². The molecule has 2 heterocycles. The fraction of sp³-hybridized carbons (Fsp3) is 0.667. The standard InChI is InChI=1S/C6H8BrNO2S/c7-8-1-5-3-11(9,10)4-6(5)2-8/h1-4H2. The van der Waals surface area contributed by atoms with Crippen molar-refractivity contribution in [1.82, 2.24) is 3.93 Å². The van der Waals surface area contributed by atoms with Crippen molar-refractivity contribution in [1.29, 1.82) is 0 Å². The summed E-state index contributed by atoms with van der Waals surface area (Å²) in [4.78, 5) is 0. The van der Waals surface area contributed by atoms with Gasteiger partial charge in [0.2, 0.25) is 0 Å². The molecule has 0 bridgehead atoms. The van der Waals surface area contributed by atoms with Crippen LogP contribution >= 0.6 is 16.1 Å².